The largest absolute Gasteiger partial charge is 0.389 e. The van der Waals surface area contributed by atoms with E-state index in [-0.39, 0.29) is 29.1 Å². The minimum atomic E-state index is -1.26. The number of fused-ring (bicyclic) bond motifs is 5. The summed E-state index contributed by atoms with van der Waals surface area (Å²) in [6, 6.07) is 0. The number of aliphatic hydroxyl groups excluding tert-OH is 9. The monoisotopic (exact) mass is 1950 g/mol. The predicted octanol–water partition coefficient (Wildman–Crippen LogP) is 6.20. The highest BCUT2D eigenvalue weighted by Gasteiger charge is 2.51. The Bertz CT molecular complexity index is 5340. The van der Waals surface area contributed by atoms with Crippen molar-refractivity contribution in [2.75, 3.05) is 146 Å². The van der Waals surface area contributed by atoms with Gasteiger partial charge in [-0.15, -0.1) is 77.5 Å². The lowest BCUT2D eigenvalue weighted by Gasteiger charge is -2.24. The first-order valence-electron chi connectivity index (χ1n) is 44.3. The molecule has 0 aliphatic carbocycles. The first kappa shape index (κ1) is 105. The summed E-state index contributed by atoms with van der Waals surface area (Å²) >= 11 is 6.52. The van der Waals surface area contributed by atoms with Crippen LogP contribution < -0.4 is 38.3 Å². The number of alkyl halides is 1. The molecular formula is C84H142ClN22O19P5. The highest BCUT2D eigenvalue weighted by Crippen LogP contribution is 2.49. The van der Waals surface area contributed by atoms with Gasteiger partial charge in [-0.25, -0.2) is 49.9 Å². The summed E-state index contributed by atoms with van der Waals surface area (Å²) in [5.74, 6) is 5.35. The van der Waals surface area contributed by atoms with Crippen molar-refractivity contribution in [1.82, 2.24) is 57.7 Å². The molecule has 0 aromatic carbocycles. The number of guanidine groups is 2. The van der Waals surface area contributed by atoms with Crippen molar-refractivity contribution in [2.45, 2.75) is 247 Å². The molecule has 0 saturated carbocycles. The standard InChI is InChI=1S/C18H32N5O4P.C17H28ClN4O3P.C17H30N5O4P.C16H27N4O4P.C16H25N4O4P/c1-5-6-8-26-16-12-15(21-18(19)22-16)23(10-20-12)17-14(25)13(24)11(27-17)7-9-28(2,3)4;1-6-24-16-13-15(20-10(2)21-16)22(9-19-13)17-12(18)14(23)11(25-17)7-8-26(3,4)5;1-5-7-25-15-11-14(20-17(18)21-15)22(9-19-11)16-13(24)12(23)10(26-16)6-8-27(2,3)4;1-9-18-14-11(15(19-9)23-2)17-8-20(14)16-13(22)12(21)10(24-16)6-7-25(3,4)5;1-8-17-14-11(15(23)18-8)19-9(2)20(14)16-13(22)12(21)10(24-16)6-7-25(3,4)5/h10-11,13-14,16-17,24-25H,2,5-9H2,1,3-4H3,(H3,19,21,22);9,11-12,14,16-17,23H,3,6-8H2,1-2,4-5H3,(H,20,21);9-10,12-13,15-16,23-24H,2,5-8H2,1,3-4H3,(H3,18,20,21);8,10,12-13,15-16,21-22H,3,6-7H2,1-2,4-5H3,(H,18,19);10,12-13,16,21-22H,3,6-7H2,1-2,4-5H3,(H,17,18,23)/t11-,13-,14-,16?,17?;11-,12-,14-,16?,17?;2*10-,12-,13-,15?,16?;10-,12-,13-,16?/m11111/s1. The average Bonchev–Trinajstić information content (AvgIpc) is 1.62. The molecule has 734 valence electrons. The summed E-state index contributed by atoms with van der Waals surface area (Å²) in [4.78, 5) is 58.1. The second kappa shape index (κ2) is 44.0. The summed E-state index contributed by atoms with van der Waals surface area (Å²) < 4.78 is 61.1. The Morgan fingerprint density at radius 1 is 0.435 bits per heavy atom. The number of aryl methyl sites for hydroxylation is 2. The zero-order valence-corrected chi connectivity index (χ0v) is 83.8. The van der Waals surface area contributed by atoms with E-state index in [4.69, 9.17) is 65.7 Å². The van der Waals surface area contributed by atoms with E-state index in [0.29, 0.717) is 109 Å². The number of hydrogen-bond acceptors (Lipinski definition) is 35. The van der Waals surface area contributed by atoms with Crippen molar-refractivity contribution in [2.24, 2.45) is 31.4 Å². The lowest BCUT2D eigenvalue weighted by molar-refractivity contribution is -0.0364. The molecule has 6 aromatic rings. The van der Waals surface area contributed by atoms with Gasteiger partial charge in [0.05, 0.1) is 55.8 Å². The topological polar surface area (TPSA) is 550 Å². The van der Waals surface area contributed by atoms with Gasteiger partial charge in [-0.3, -0.25) is 27.6 Å². The highest BCUT2D eigenvalue weighted by atomic mass is 35.5. The van der Waals surface area contributed by atoms with E-state index in [9.17, 15) is 50.8 Å². The van der Waals surface area contributed by atoms with E-state index in [1.54, 1.807) is 64.5 Å². The van der Waals surface area contributed by atoms with Gasteiger partial charge in [-0.2, -0.15) is 0 Å². The summed E-state index contributed by atoms with van der Waals surface area (Å²) in [6.45, 7) is 30.0. The molecule has 9 aliphatic heterocycles. The number of ether oxygens (including phenoxy) is 9. The molecule has 15 rings (SSSR count). The predicted molar refractivity (Wildman–Crippen MR) is 527 cm³/mol. The van der Waals surface area contributed by atoms with Crippen LogP contribution >= 0.6 is 46.0 Å². The Kier molecular flexibility index (Phi) is 35.4. The number of nitrogens with zero attached hydrogens (tertiary/aromatic N) is 15. The van der Waals surface area contributed by atoms with Crippen LogP contribution in [-0.2, 0) is 42.6 Å². The number of amidine groups is 2. The van der Waals surface area contributed by atoms with Crippen LogP contribution in [0.25, 0.3) is 11.2 Å². The molecule has 131 heavy (non-hydrogen) atoms. The summed E-state index contributed by atoms with van der Waals surface area (Å²) in [5.41, 5.74) is 14.5. The van der Waals surface area contributed by atoms with Crippen LogP contribution in [-0.4, -0.2) is 374 Å². The number of nitrogens with one attached hydrogen (secondary N) is 5. The highest BCUT2D eigenvalue weighted by molar-refractivity contribution is 7.73. The molecule has 9 aliphatic rings. The molecule has 5 saturated heterocycles. The van der Waals surface area contributed by atoms with Gasteiger partial charge in [-0.05, 0) is 177 Å². The third kappa shape index (κ3) is 26.0. The molecule has 41 nitrogen and oxygen atoms in total. The lowest BCUT2D eigenvalue weighted by atomic mass is 10.1. The lowest BCUT2D eigenvalue weighted by Crippen LogP contribution is -2.33. The van der Waals surface area contributed by atoms with Crippen LogP contribution in [0, 0.1) is 13.8 Å². The number of rotatable bonds is 30. The number of hydrogen-bond donors (Lipinski definition) is 16. The molecule has 18 N–H and O–H groups in total. The van der Waals surface area contributed by atoms with Gasteiger partial charge >= 0.3 is 0 Å². The fraction of sp³-hybridized carbons (Fsp3) is 0.690. The summed E-state index contributed by atoms with van der Waals surface area (Å²) in [6.07, 6.45) is 21.2. The molecule has 15 heterocycles. The molecule has 5 fully saturated rings. The molecule has 0 spiro atoms. The normalized spacial score (nSPS) is 30.4. The number of unbranched alkanes of at least 4 members (excludes halogenated alkanes) is 1. The van der Waals surface area contributed by atoms with Crippen LogP contribution in [0.4, 0.5) is 23.3 Å². The molecule has 47 heteroatoms. The fourth-order valence-corrected chi connectivity index (χ4v) is 21.3. The number of nitrogens with two attached hydrogens (primary N) is 2. The maximum Gasteiger partial charge on any atom is 0.279 e. The van der Waals surface area contributed by atoms with Crippen LogP contribution in [0.5, 0.6) is 0 Å². The van der Waals surface area contributed by atoms with Crippen LogP contribution in [0.15, 0.2) is 50.1 Å². The maximum atomic E-state index is 12.1. The Balaban J connectivity index is 0.000000158. The van der Waals surface area contributed by atoms with Crippen molar-refractivity contribution in [1.29, 1.82) is 0 Å². The van der Waals surface area contributed by atoms with Crippen molar-refractivity contribution < 1.29 is 88.6 Å². The third-order valence-electron chi connectivity index (χ3n) is 23.2. The number of aliphatic imine (C=N–C) groups is 4. The fourth-order valence-electron chi connectivity index (χ4n) is 16.1. The second-order valence-electron chi connectivity index (χ2n) is 38.0. The Hall–Kier alpha value is -6.26. The number of halogens is 1. The molecular weight excluding hydrogens is 1810 g/mol. The SMILES string of the molecule is C=P(C)(C)CC[C@H]1OC(n2c(C)nc3c(=O)[nH]c(C)nc32)[C@H](O)[C@@H]1O.C=P(C)(C)CC[C@H]1OC(n2cnc3c2NC(C)=NC3OC)[C@H](O)[C@@H]1O.C=P(C)(C)CC[C@H]1OC(n2cnc3c2NC(C)=NC3OCC)[C@H](Cl)[C@@H]1O.C=P(C)(C)CC[C@H]1OC(n2cnc3c2NC(N)=NC3OCCC)[C@H](O)[C@@H]1O.C=P(C)(C)CC[C@H]1OC(n2cnc3c2NC(N)=NC3OCCCC)[C@H](O)[C@@H]1O. The van der Waals surface area contributed by atoms with Crippen LogP contribution in [0.1, 0.15) is 176 Å². The Morgan fingerprint density at radius 2 is 0.763 bits per heavy atom. The van der Waals surface area contributed by atoms with Crippen molar-refractivity contribution in [3.8, 4) is 0 Å². The number of aliphatic hydroxyl groups is 9. The summed E-state index contributed by atoms with van der Waals surface area (Å²) in [7, 11) is 1.57. The van der Waals surface area contributed by atoms with Gasteiger partial charge in [-0.1, -0.05) is 20.3 Å². The van der Waals surface area contributed by atoms with E-state index < -0.39 is 175 Å². The van der Waals surface area contributed by atoms with Crippen molar-refractivity contribution in [3.05, 3.63) is 70.1 Å². The minimum Gasteiger partial charge on any atom is -0.389 e. The quantitative estimate of drug-likeness (QED) is 0.0136. The zero-order valence-electron chi connectivity index (χ0n) is 78.6. The van der Waals surface area contributed by atoms with Gasteiger partial charge in [0, 0.05) is 26.9 Å². The van der Waals surface area contributed by atoms with Gasteiger partial charge in [0.15, 0.2) is 79.1 Å². The molecule has 0 bridgehead atoms. The number of methoxy groups -OCH3 is 1. The number of H-pyrrole nitrogens is 1. The third-order valence-corrected chi connectivity index (χ3v) is 31.0. The van der Waals surface area contributed by atoms with Gasteiger partial charge in [0.2, 0.25) is 0 Å². The molecule has 0 radical (unpaired) electrons. The van der Waals surface area contributed by atoms with E-state index in [2.05, 4.69) is 181 Å². The minimum absolute atomic E-state index is 0.196. The number of aromatic amines is 1. The van der Waals surface area contributed by atoms with Gasteiger partial charge in [0.1, 0.15) is 130 Å². The van der Waals surface area contributed by atoms with E-state index >= 15 is 0 Å². The molecule has 0 amide bonds. The number of imidazole rings is 5. The molecule has 6 aromatic heterocycles. The van der Waals surface area contributed by atoms with Crippen molar-refractivity contribution in [3.63, 3.8) is 0 Å². The first-order valence-corrected chi connectivity index (χ1v) is 60.0. The van der Waals surface area contributed by atoms with Crippen LogP contribution in [0.2, 0.25) is 0 Å². The summed E-state index contributed by atoms with van der Waals surface area (Å²) in [5, 5.41) is 106. The first-order chi connectivity index (χ1) is 61.4. The molecule has 9 unspecified atom stereocenters. The van der Waals surface area contributed by atoms with E-state index in [1.807, 2.05) is 32.3 Å². The van der Waals surface area contributed by atoms with Gasteiger partial charge < -0.3 is 126 Å². The number of aromatic nitrogens is 12. The van der Waals surface area contributed by atoms with Gasteiger partial charge in [0.25, 0.3) is 5.56 Å². The zero-order chi connectivity index (χ0) is 96.2. The molecule has 24 atom stereocenters. The van der Waals surface area contributed by atoms with Crippen molar-refractivity contribution >= 4 is 136 Å². The van der Waals surface area contributed by atoms with E-state index in [0.717, 1.165) is 68.1 Å². The second-order valence-corrected chi connectivity index (χ2v) is 60.1. The number of anilines is 4. The average molecular weight is 1950 g/mol. The Morgan fingerprint density at radius 3 is 1.13 bits per heavy atom. The smallest absolute Gasteiger partial charge is 0.279 e. The van der Waals surface area contributed by atoms with E-state index in [1.165, 1.54) is 0 Å². The Labute approximate surface area is 771 Å². The van der Waals surface area contributed by atoms with Crippen LogP contribution in [0.3, 0.4) is 0 Å². The maximum absolute atomic E-state index is 12.1.